The largest absolute Gasteiger partial charge is 0.358 e. The maximum Gasteiger partial charge on any atom is 0.165 e. The number of aromatic amines is 1. The first-order valence-electron chi connectivity index (χ1n) is 6.46. The SMILES string of the molecule is CC1(C)CC(=O)c2cc(-c3ccc(Cl)cc3)[nH]c2C1. The Hall–Kier alpha value is -1.54. The van der Waals surface area contributed by atoms with Gasteiger partial charge in [-0.3, -0.25) is 4.79 Å². The number of hydrogen-bond donors (Lipinski definition) is 1. The number of H-pyrrole nitrogens is 1. The summed E-state index contributed by atoms with van der Waals surface area (Å²) >= 11 is 5.90. The van der Waals surface area contributed by atoms with E-state index in [0.29, 0.717) is 6.42 Å². The van der Waals surface area contributed by atoms with Gasteiger partial charge in [0.05, 0.1) is 0 Å². The molecule has 0 atom stereocenters. The highest BCUT2D eigenvalue weighted by Crippen LogP contribution is 2.36. The first kappa shape index (κ1) is 12.5. The van der Waals surface area contributed by atoms with Crippen LogP contribution in [-0.2, 0) is 6.42 Å². The summed E-state index contributed by atoms with van der Waals surface area (Å²) in [4.78, 5) is 15.6. The van der Waals surface area contributed by atoms with Crippen LogP contribution in [0.2, 0.25) is 5.02 Å². The maximum atomic E-state index is 12.2. The van der Waals surface area contributed by atoms with Crippen molar-refractivity contribution in [2.24, 2.45) is 5.41 Å². The van der Waals surface area contributed by atoms with Gasteiger partial charge in [0.25, 0.3) is 0 Å². The number of rotatable bonds is 1. The van der Waals surface area contributed by atoms with Gasteiger partial charge in [0.1, 0.15) is 0 Å². The van der Waals surface area contributed by atoms with E-state index >= 15 is 0 Å². The molecule has 0 amide bonds. The summed E-state index contributed by atoms with van der Waals surface area (Å²) in [7, 11) is 0. The summed E-state index contributed by atoms with van der Waals surface area (Å²) < 4.78 is 0. The predicted molar refractivity (Wildman–Crippen MR) is 77.7 cm³/mol. The molecule has 1 aromatic heterocycles. The van der Waals surface area contributed by atoms with Crippen LogP contribution >= 0.6 is 11.6 Å². The zero-order valence-electron chi connectivity index (χ0n) is 11.1. The lowest BCUT2D eigenvalue weighted by atomic mass is 9.76. The molecular weight excluding hydrogens is 258 g/mol. The lowest BCUT2D eigenvalue weighted by molar-refractivity contribution is 0.0912. The van der Waals surface area contributed by atoms with Gasteiger partial charge < -0.3 is 4.98 Å². The summed E-state index contributed by atoms with van der Waals surface area (Å²) in [5, 5.41) is 0.720. The van der Waals surface area contributed by atoms with Crippen LogP contribution in [-0.4, -0.2) is 10.8 Å². The van der Waals surface area contributed by atoms with Gasteiger partial charge in [-0.1, -0.05) is 37.6 Å². The number of carbonyl (C=O) groups excluding carboxylic acids is 1. The number of Topliss-reactive ketones (excluding diaryl/α,β-unsaturated/α-hetero) is 1. The van der Waals surface area contributed by atoms with Crippen molar-refractivity contribution in [1.29, 1.82) is 0 Å². The molecule has 1 aromatic carbocycles. The third kappa shape index (κ3) is 2.33. The van der Waals surface area contributed by atoms with Crippen molar-refractivity contribution in [3.05, 3.63) is 46.6 Å². The lowest BCUT2D eigenvalue weighted by Gasteiger charge is -2.27. The Morgan fingerprint density at radius 3 is 2.53 bits per heavy atom. The summed E-state index contributed by atoms with van der Waals surface area (Å²) in [5.41, 5.74) is 4.01. The van der Waals surface area contributed by atoms with E-state index in [-0.39, 0.29) is 11.2 Å². The van der Waals surface area contributed by atoms with Crippen molar-refractivity contribution in [2.45, 2.75) is 26.7 Å². The predicted octanol–water partition coefficient (Wildman–Crippen LogP) is 4.49. The second kappa shape index (κ2) is 4.24. The number of hydrogen-bond acceptors (Lipinski definition) is 1. The zero-order chi connectivity index (χ0) is 13.6. The van der Waals surface area contributed by atoms with E-state index in [1.54, 1.807) is 0 Å². The average Bonchev–Trinajstić information content (AvgIpc) is 2.72. The van der Waals surface area contributed by atoms with E-state index < -0.39 is 0 Å². The van der Waals surface area contributed by atoms with E-state index in [4.69, 9.17) is 11.6 Å². The van der Waals surface area contributed by atoms with E-state index in [9.17, 15) is 4.79 Å². The Labute approximate surface area is 117 Å². The number of benzene rings is 1. The van der Waals surface area contributed by atoms with Crippen LogP contribution in [0, 0.1) is 5.41 Å². The Bertz CT molecular complexity index is 637. The van der Waals surface area contributed by atoms with Crippen LogP contribution in [0.1, 0.15) is 36.3 Å². The number of fused-ring (bicyclic) bond motifs is 1. The molecule has 1 aliphatic carbocycles. The van der Waals surface area contributed by atoms with Crippen LogP contribution < -0.4 is 0 Å². The van der Waals surface area contributed by atoms with E-state index in [1.807, 2.05) is 30.3 Å². The van der Waals surface area contributed by atoms with E-state index in [2.05, 4.69) is 18.8 Å². The molecule has 2 nitrogen and oxygen atoms in total. The molecule has 0 saturated heterocycles. The van der Waals surface area contributed by atoms with Crippen LogP contribution in [0.5, 0.6) is 0 Å². The fraction of sp³-hybridized carbons (Fsp3) is 0.312. The van der Waals surface area contributed by atoms with Crippen molar-refractivity contribution in [2.75, 3.05) is 0 Å². The van der Waals surface area contributed by atoms with Crippen molar-refractivity contribution >= 4 is 17.4 Å². The minimum Gasteiger partial charge on any atom is -0.358 e. The summed E-state index contributed by atoms with van der Waals surface area (Å²) in [5.74, 6) is 0.239. The number of aromatic nitrogens is 1. The van der Waals surface area contributed by atoms with Crippen molar-refractivity contribution in [3.8, 4) is 11.3 Å². The van der Waals surface area contributed by atoms with Gasteiger partial charge in [0, 0.05) is 28.4 Å². The third-order valence-corrected chi connectivity index (χ3v) is 3.90. The van der Waals surface area contributed by atoms with Crippen LogP contribution in [0.15, 0.2) is 30.3 Å². The molecule has 0 unspecified atom stereocenters. The highest BCUT2D eigenvalue weighted by atomic mass is 35.5. The molecule has 1 N–H and O–H groups in total. The first-order valence-corrected chi connectivity index (χ1v) is 6.83. The lowest BCUT2D eigenvalue weighted by Crippen LogP contribution is -2.26. The van der Waals surface area contributed by atoms with Gasteiger partial charge in [-0.05, 0) is 35.6 Å². The smallest absolute Gasteiger partial charge is 0.165 e. The summed E-state index contributed by atoms with van der Waals surface area (Å²) in [6.07, 6.45) is 1.54. The topological polar surface area (TPSA) is 32.9 Å². The zero-order valence-corrected chi connectivity index (χ0v) is 11.8. The van der Waals surface area contributed by atoms with Gasteiger partial charge in [-0.25, -0.2) is 0 Å². The molecule has 0 saturated carbocycles. The molecular formula is C16H16ClNO. The minimum atomic E-state index is 0.0478. The second-order valence-corrected chi connectivity index (χ2v) is 6.46. The highest BCUT2D eigenvalue weighted by molar-refractivity contribution is 6.30. The fourth-order valence-corrected chi connectivity index (χ4v) is 2.87. The highest BCUT2D eigenvalue weighted by Gasteiger charge is 2.32. The van der Waals surface area contributed by atoms with Crippen LogP contribution in [0.4, 0.5) is 0 Å². The second-order valence-electron chi connectivity index (χ2n) is 6.02. The number of halogens is 1. The van der Waals surface area contributed by atoms with Crippen molar-refractivity contribution in [3.63, 3.8) is 0 Å². The first-order chi connectivity index (χ1) is 8.94. The fourth-order valence-electron chi connectivity index (χ4n) is 2.74. The molecule has 0 radical (unpaired) electrons. The monoisotopic (exact) mass is 273 g/mol. The van der Waals surface area contributed by atoms with Crippen LogP contribution in [0.25, 0.3) is 11.3 Å². The maximum absolute atomic E-state index is 12.2. The van der Waals surface area contributed by atoms with Gasteiger partial charge >= 0.3 is 0 Å². The molecule has 3 heteroatoms. The molecule has 0 spiro atoms. The molecule has 0 fully saturated rings. The third-order valence-electron chi connectivity index (χ3n) is 3.65. The number of ketones is 1. The molecule has 1 aliphatic rings. The van der Waals surface area contributed by atoms with Gasteiger partial charge in [-0.2, -0.15) is 0 Å². The minimum absolute atomic E-state index is 0.0478. The van der Waals surface area contributed by atoms with E-state index in [1.165, 1.54) is 0 Å². The van der Waals surface area contributed by atoms with Gasteiger partial charge in [0.2, 0.25) is 0 Å². The Morgan fingerprint density at radius 1 is 1.16 bits per heavy atom. The number of carbonyl (C=O) groups is 1. The molecule has 0 aliphatic heterocycles. The van der Waals surface area contributed by atoms with Crippen molar-refractivity contribution < 1.29 is 4.79 Å². The average molecular weight is 274 g/mol. The van der Waals surface area contributed by atoms with Crippen molar-refractivity contribution in [1.82, 2.24) is 4.98 Å². The van der Waals surface area contributed by atoms with Gasteiger partial charge in [0.15, 0.2) is 5.78 Å². The molecule has 2 aromatic rings. The van der Waals surface area contributed by atoms with E-state index in [0.717, 1.165) is 34.0 Å². The molecule has 1 heterocycles. The molecule has 0 bridgehead atoms. The summed E-state index contributed by atoms with van der Waals surface area (Å²) in [6.45, 7) is 4.27. The molecule has 3 rings (SSSR count). The molecule has 98 valence electrons. The summed E-state index contributed by atoms with van der Waals surface area (Å²) in [6, 6.07) is 9.63. The number of nitrogens with one attached hydrogen (secondary N) is 1. The quantitative estimate of drug-likeness (QED) is 0.816. The Morgan fingerprint density at radius 2 is 1.84 bits per heavy atom. The van der Waals surface area contributed by atoms with Crippen LogP contribution in [0.3, 0.4) is 0 Å². The molecule has 19 heavy (non-hydrogen) atoms. The normalized spacial score (nSPS) is 17.3. The van der Waals surface area contributed by atoms with Gasteiger partial charge in [-0.15, -0.1) is 0 Å². The Balaban J connectivity index is 2.03. The standard InChI is InChI=1S/C16H16ClNO/c1-16(2)8-14-12(15(19)9-16)7-13(18-14)10-3-5-11(17)6-4-10/h3-7,18H,8-9H2,1-2H3. The Kier molecular flexibility index (Phi) is 2.79.